The lowest BCUT2D eigenvalue weighted by Crippen LogP contribution is -2.56. The Balaban J connectivity index is 1.61. The van der Waals surface area contributed by atoms with Crippen molar-refractivity contribution in [2.24, 2.45) is 5.41 Å². The maximum atomic E-state index is 11.5. The highest BCUT2D eigenvalue weighted by molar-refractivity contribution is 5.75. The first-order chi connectivity index (χ1) is 10.2. The van der Waals surface area contributed by atoms with Gasteiger partial charge in [0.2, 0.25) is 0 Å². The molecule has 1 heterocycles. The van der Waals surface area contributed by atoms with E-state index < -0.39 is 11.4 Å². The van der Waals surface area contributed by atoms with Crippen LogP contribution in [-0.2, 0) is 16.8 Å². The molecule has 0 aliphatic heterocycles. The SMILES string of the molecule is CC(C)(C)c1cc(CNC23CCC(C(=O)O)(CC2)CC3)no1. The van der Waals surface area contributed by atoms with E-state index in [-0.39, 0.29) is 11.0 Å². The van der Waals surface area contributed by atoms with Crippen molar-refractivity contribution in [2.45, 2.75) is 76.8 Å². The first-order valence-electron chi connectivity index (χ1n) is 8.19. The number of nitrogens with zero attached hydrogens (tertiary/aromatic N) is 1. The van der Waals surface area contributed by atoms with Crippen molar-refractivity contribution in [2.75, 3.05) is 0 Å². The summed E-state index contributed by atoms with van der Waals surface area (Å²) < 4.78 is 5.43. The summed E-state index contributed by atoms with van der Waals surface area (Å²) in [5.41, 5.74) is 0.551. The standard InChI is InChI=1S/C17H26N2O3/c1-15(2,3)13-10-12(19-22-13)11-18-17-7-4-16(5-8-17,6-9-17)14(20)21/h10,18H,4-9,11H2,1-3H3,(H,20,21). The van der Waals surface area contributed by atoms with Gasteiger partial charge < -0.3 is 14.9 Å². The van der Waals surface area contributed by atoms with Crippen LogP contribution in [0.3, 0.4) is 0 Å². The Hall–Kier alpha value is -1.36. The molecule has 3 saturated carbocycles. The van der Waals surface area contributed by atoms with E-state index in [4.69, 9.17) is 4.52 Å². The molecule has 3 aliphatic carbocycles. The van der Waals surface area contributed by atoms with E-state index in [0.717, 1.165) is 50.0 Å². The molecular weight excluding hydrogens is 280 g/mol. The van der Waals surface area contributed by atoms with E-state index in [1.165, 1.54) is 0 Å². The van der Waals surface area contributed by atoms with E-state index >= 15 is 0 Å². The van der Waals surface area contributed by atoms with E-state index in [9.17, 15) is 9.90 Å². The summed E-state index contributed by atoms with van der Waals surface area (Å²) in [4.78, 5) is 11.5. The highest BCUT2D eigenvalue weighted by Gasteiger charge is 2.52. The Morgan fingerprint density at radius 3 is 2.32 bits per heavy atom. The fourth-order valence-corrected chi connectivity index (χ4v) is 3.80. The molecule has 0 amide bonds. The minimum absolute atomic E-state index is 0.0275. The molecule has 4 rings (SSSR count). The van der Waals surface area contributed by atoms with Crippen LogP contribution in [0.25, 0.3) is 0 Å². The quantitative estimate of drug-likeness (QED) is 0.893. The second-order valence-corrected chi connectivity index (χ2v) is 8.15. The van der Waals surface area contributed by atoms with E-state index in [1.54, 1.807) is 0 Å². The van der Waals surface area contributed by atoms with Crippen molar-refractivity contribution >= 4 is 5.97 Å². The predicted octanol–water partition coefficient (Wildman–Crippen LogP) is 3.24. The molecule has 5 nitrogen and oxygen atoms in total. The number of carboxylic acids is 1. The Kier molecular flexibility index (Phi) is 3.59. The third kappa shape index (κ3) is 2.67. The third-order valence-electron chi connectivity index (χ3n) is 5.64. The monoisotopic (exact) mass is 306 g/mol. The Morgan fingerprint density at radius 1 is 1.27 bits per heavy atom. The lowest BCUT2D eigenvalue weighted by molar-refractivity contribution is -0.156. The highest BCUT2D eigenvalue weighted by atomic mass is 16.5. The number of rotatable bonds is 4. The van der Waals surface area contributed by atoms with Crippen molar-refractivity contribution in [3.05, 3.63) is 17.5 Å². The van der Waals surface area contributed by atoms with Crippen LogP contribution < -0.4 is 5.32 Å². The Bertz CT molecular complexity index is 546. The minimum Gasteiger partial charge on any atom is -0.481 e. The average molecular weight is 306 g/mol. The van der Waals surface area contributed by atoms with Crippen LogP contribution in [0.4, 0.5) is 0 Å². The number of nitrogens with one attached hydrogen (secondary N) is 1. The molecule has 2 N–H and O–H groups in total. The van der Waals surface area contributed by atoms with E-state index in [1.807, 2.05) is 6.07 Å². The molecule has 0 radical (unpaired) electrons. The van der Waals surface area contributed by atoms with Crippen LogP contribution in [0.15, 0.2) is 10.6 Å². The lowest BCUT2D eigenvalue weighted by atomic mass is 9.57. The second kappa shape index (κ2) is 5.08. The number of carboxylic acid groups (broad SMARTS) is 1. The molecule has 2 bridgehead atoms. The third-order valence-corrected chi connectivity index (χ3v) is 5.64. The predicted molar refractivity (Wildman–Crippen MR) is 82.5 cm³/mol. The summed E-state index contributed by atoms with van der Waals surface area (Å²) in [6.07, 6.45) is 5.22. The molecule has 0 saturated heterocycles. The van der Waals surface area contributed by atoms with E-state index in [0.29, 0.717) is 6.54 Å². The first-order valence-corrected chi connectivity index (χ1v) is 8.19. The maximum Gasteiger partial charge on any atom is 0.309 e. The van der Waals surface area contributed by atoms with Crippen molar-refractivity contribution in [3.63, 3.8) is 0 Å². The van der Waals surface area contributed by atoms with Gasteiger partial charge >= 0.3 is 5.97 Å². The van der Waals surface area contributed by atoms with Gasteiger partial charge in [0, 0.05) is 23.6 Å². The number of carbonyl (C=O) groups is 1. The van der Waals surface area contributed by atoms with E-state index in [2.05, 4.69) is 31.2 Å². The lowest BCUT2D eigenvalue weighted by Gasteiger charge is -2.51. The Labute approximate surface area is 131 Å². The normalized spacial score (nSPS) is 31.4. The van der Waals surface area contributed by atoms with Crippen LogP contribution in [0.1, 0.15) is 70.8 Å². The molecule has 22 heavy (non-hydrogen) atoms. The van der Waals surface area contributed by atoms with Gasteiger partial charge in [-0.05, 0) is 38.5 Å². The molecule has 3 aliphatic rings. The fraction of sp³-hybridized carbons (Fsp3) is 0.765. The molecule has 1 aromatic rings. The number of aromatic nitrogens is 1. The fourth-order valence-electron chi connectivity index (χ4n) is 3.80. The van der Waals surface area contributed by atoms with Gasteiger partial charge in [0.15, 0.2) is 0 Å². The first kappa shape index (κ1) is 15.5. The summed E-state index contributed by atoms with van der Waals surface area (Å²) in [6, 6.07) is 2.02. The van der Waals surface area contributed by atoms with Crippen molar-refractivity contribution in [1.29, 1.82) is 0 Å². The number of fused-ring (bicyclic) bond motifs is 3. The molecule has 1 aromatic heterocycles. The van der Waals surface area contributed by atoms with Crippen molar-refractivity contribution < 1.29 is 14.4 Å². The van der Waals surface area contributed by atoms with Crippen LogP contribution >= 0.6 is 0 Å². The summed E-state index contributed by atoms with van der Waals surface area (Å²) in [6.45, 7) is 7.02. The number of hydrogen-bond donors (Lipinski definition) is 2. The zero-order valence-corrected chi connectivity index (χ0v) is 13.7. The van der Waals surface area contributed by atoms with Gasteiger partial charge in [-0.3, -0.25) is 4.79 Å². The summed E-state index contributed by atoms with van der Waals surface area (Å²) in [5.74, 6) is 0.297. The molecule has 0 atom stereocenters. The molecule has 0 unspecified atom stereocenters. The summed E-state index contributed by atoms with van der Waals surface area (Å²) in [7, 11) is 0. The topological polar surface area (TPSA) is 75.4 Å². The van der Waals surface area contributed by atoms with Crippen molar-refractivity contribution in [1.82, 2.24) is 10.5 Å². The van der Waals surface area contributed by atoms with Crippen LogP contribution in [0.5, 0.6) is 0 Å². The van der Waals surface area contributed by atoms with Gasteiger partial charge in [-0.15, -0.1) is 0 Å². The van der Waals surface area contributed by atoms with Gasteiger partial charge in [-0.25, -0.2) is 0 Å². The Morgan fingerprint density at radius 2 is 1.86 bits per heavy atom. The molecule has 0 aromatic carbocycles. The zero-order valence-electron chi connectivity index (χ0n) is 13.7. The zero-order chi connectivity index (χ0) is 16.0. The molecule has 0 spiro atoms. The van der Waals surface area contributed by atoms with Gasteiger partial charge in [0.25, 0.3) is 0 Å². The van der Waals surface area contributed by atoms with Crippen molar-refractivity contribution in [3.8, 4) is 0 Å². The van der Waals surface area contributed by atoms with Gasteiger partial charge in [0.05, 0.1) is 11.1 Å². The minimum atomic E-state index is -0.605. The number of hydrogen-bond acceptors (Lipinski definition) is 4. The van der Waals surface area contributed by atoms with Crippen LogP contribution in [0.2, 0.25) is 0 Å². The molecular formula is C17H26N2O3. The average Bonchev–Trinajstić information content (AvgIpc) is 2.96. The molecule has 122 valence electrons. The molecule has 3 fully saturated rings. The van der Waals surface area contributed by atoms with Gasteiger partial charge in [-0.2, -0.15) is 0 Å². The van der Waals surface area contributed by atoms with Crippen LogP contribution in [0, 0.1) is 5.41 Å². The maximum absolute atomic E-state index is 11.5. The van der Waals surface area contributed by atoms with Gasteiger partial charge in [-0.1, -0.05) is 25.9 Å². The largest absolute Gasteiger partial charge is 0.481 e. The smallest absolute Gasteiger partial charge is 0.309 e. The highest BCUT2D eigenvalue weighted by Crippen LogP contribution is 2.52. The van der Waals surface area contributed by atoms with Crippen LogP contribution in [-0.4, -0.2) is 21.8 Å². The number of aliphatic carboxylic acids is 1. The second-order valence-electron chi connectivity index (χ2n) is 8.15. The summed E-state index contributed by atoms with van der Waals surface area (Å²) in [5, 5.41) is 17.2. The molecule has 5 heteroatoms. The van der Waals surface area contributed by atoms with Gasteiger partial charge in [0.1, 0.15) is 5.76 Å². The summed E-state index contributed by atoms with van der Waals surface area (Å²) >= 11 is 0.